The number of carbonyl (C=O) groups is 3. The van der Waals surface area contributed by atoms with Crippen LogP contribution in [0.25, 0.3) is 0 Å². The number of carboxylic acids is 1. The molecule has 0 radical (unpaired) electrons. The van der Waals surface area contributed by atoms with Gasteiger partial charge in [-0.1, -0.05) is 25.0 Å². The number of anilines is 2. The molecule has 0 unspecified atom stereocenters. The summed E-state index contributed by atoms with van der Waals surface area (Å²) >= 11 is 1.16. The Kier molecular flexibility index (Phi) is 5.85. The zero-order valence-electron chi connectivity index (χ0n) is 14.4. The predicted octanol–water partition coefficient (Wildman–Crippen LogP) is 3.97. The van der Waals surface area contributed by atoms with E-state index in [0.29, 0.717) is 17.8 Å². The van der Waals surface area contributed by atoms with Gasteiger partial charge in [-0.15, -0.1) is 11.3 Å². The summed E-state index contributed by atoms with van der Waals surface area (Å²) in [5.74, 6) is -3.81. The SMILES string of the molecule is O=C(Nc1ccccc1F)c1ccsc1NC(=O)[C@@H]1CCCC[C@H]1C(=O)O. The largest absolute Gasteiger partial charge is 0.481 e. The van der Waals surface area contributed by atoms with E-state index in [1.165, 1.54) is 24.3 Å². The van der Waals surface area contributed by atoms with Crippen molar-refractivity contribution in [1.82, 2.24) is 0 Å². The molecule has 1 heterocycles. The van der Waals surface area contributed by atoms with Crippen molar-refractivity contribution >= 4 is 39.8 Å². The summed E-state index contributed by atoms with van der Waals surface area (Å²) in [6, 6.07) is 7.33. The van der Waals surface area contributed by atoms with E-state index in [1.54, 1.807) is 11.4 Å². The number of amides is 2. The van der Waals surface area contributed by atoms with E-state index in [0.717, 1.165) is 24.2 Å². The zero-order valence-corrected chi connectivity index (χ0v) is 15.2. The lowest BCUT2D eigenvalue weighted by Crippen LogP contribution is -2.36. The molecule has 3 rings (SSSR count). The fraction of sp³-hybridized carbons (Fsp3) is 0.316. The summed E-state index contributed by atoms with van der Waals surface area (Å²) in [5.41, 5.74) is 0.253. The van der Waals surface area contributed by atoms with Crippen LogP contribution in [0.1, 0.15) is 36.0 Å². The normalized spacial score (nSPS) is 19.3. The van der Waals surface area contributed by atoms with Crippen molar-refractivity contribution in [1.29, 1.82) is 0 Å². The maximum Gasteiger partial charge on any atom is 0.307 e. The number of aliphatic carboxylic acids is 1. The van der Waals surface area contributed by atoms with Crippen LogP contribution in [-0.4, -0.2) is 22.9 Å². The van der Waals surface area contributed by atoms with Crippen molar-refractivity contribution in [2.45, 2.75) is 25.7 Å². The molecule has 2 aromatic rings. The van der Waals surface area contributed by atoms with Crippen LogP contribution in [0.3, 0.4) is 0 Å². The first-order valence-corrected chi connectivity index (χ1v) is 9.52. The molecule has 27 heavy (non-hydrogen) atoms. The van der Waals surface area contributed by atoms with Gasteiger partial charge in [0, 0.05) is 0 Å². The average Bonchev–Trinajstić information content (AvgIpc) is 3.11. The van der Waals surface area contributed by atoms with Gasteiger partial charge < -0.3 is 15.7 Å². The summed E-state index contributed by atoms with van der Waals surface area (Å²) in [7, 11) is 0. The third kappa shape index (κ3) is 4.33. The van der Waals surface area contributed by atoms with Gasteiger partial charge >= 0.3 is 5.97 Å². The molecule has 2 atom stereocenters. The second-order valence-electron chi connectivity index (χ2n) is 6.42. The van der Waals surface area contributed by atoms with Crippen LogP contribution in [0.2, 0.25) is 0 Å². The predicted molar refractivity (Wildman–Crippen MR) is 100 cm³/mol. The first kappa shape index (κ1) is 19.0. The van der Waals surface area contributed by atoms with E-state index in [-0.39, 0.29) is 11.3 Å². The van der Waals surface area contributed by atoms with Crippen LogP contribution in [0.4, 0.5) is 15.1 Å². The van der Waals surface area contributed by atoms with Crippen LogP contribution < -0.4 is 10.6 Å². The van der Waals surface area contributed by atoms with Crippen molar-refractivity contribution in [2.24, 2.45) is 11.8 Å². The summed E-state index contributed by atoms with van der Waals surface area (Å²) in [6.07, 6.45) is 2.56. The van der Waals surface area contributed by atoms with Gasteiger partial charge in [0.25, 0.3) is 5.91 Å². The Bertz CT molecular complexity index is 867. The van der Waals surface area contributed by atoms with Crippen LogP contribution in [0, 0.1) is 17.7 Å². The number of rotatable bonds is 5. The second-order valence-corrected chi connectivity index (χ2v) is 7.34. The van der Waals surface area contributed by atoms with Crippen molar-refractivity contribution < 1.29 is 23.9 Å². The topological polar surface area (TPSA) is 95.5 Å². The first-order chi connectivity index (χ1) is 13.0. The highest BCUT2D eigenvalue weighted by Crippen LogP contribution is 2.33. The molecular formula is C19H19FN2O4S. The number of nitrogens with one attached hydrogen (secondary N) is 2. The number of benzene rings is 1. The second kappa shape index (κ2) is 8.30. The minimum absolute atomic E-state index is 0.0456. The minimum atomic E-state index is -0.974. The summed E-state index contributed by atoms with van der Waals surface area (Å²) in [6.45, 7) is 0. The molecular weight excluding hydrogens is 371 g/mol. The Balaban J connectivity index is 1.73. The minimum Gasteiger partial charge on any atom is -0.481 e. The third-order valence-electron chi connectivity index (χ3n) is 4.69. The summed E-state index contributed by atoms with van der Waals surface area (Å²) in [5, 5.41) is 16.5. The van der Waals surface area contributed by atoms with Crippen molar-refractivity contribution in [3.8, 4) is 0 Å². The molecule has 1 fully saturated rings. The summed E-state index contributed by atoms with van der Waals surface area (Å²) in [4.78, 5) is 36.5. The Morgan fingerprint density at radius 3 is 2.44 bits per heavy atom. The van der Waals surface area contributed by atoms with E-state index < -0.39 is 35.4 Å². The van der Waals surface area contributed by atoms with Gasteiger partial charge in [-0.3, -0.25) is 14.4 Å². The van der Waals surface area contributed by atoms with Crippen molar-refractivity contribution in [3.05, 3.63) is 47.1 Å². The van der Waals surface area contributed by atoms with Crippen molar-refractivity contribution in [3.63, 3.8) is 0 Å². The number of thiophene rings is 1. The third-order valence-corrected chi connectivity index (χ3v) is 5.52. The fourth-order valence-electron chi connectivity index (χ4n) is 3.28. The molecule has 1 aliphatic carbocycles. The van der Waals surface area contributed by atoms with Crippen LogP contribution in [0.5, 0.6) is 0 Å². The fourth-order valence-corrected chi connectivity index (χ4v) is 4.07. The lowest BCUT2D eigenvalue weighted by molar-refractivity contribution is -0.147. The molecule has 1 saturated carbocycles. The van der Waals surface area contributed by atoms with E-state index in [1.807, 2.05) is 0 Å². The molecule has 0 saturated heterocycles. The number of hydrogen-bond acceptors (Lipinski definition) is 4. The van der Waals surface area contributed by atoms with E-state index >= 15 is 0 Å². The Morgan fingerprint density at radius 2 is 1.74 bits per heavy atom. The zero-order chi connectivity index (χ0) is 19.4. The highest BCUT2D eigenvalue weighted by molar-refractivity contribution is 7.14. The number of halogens is 1. The standard InChI is InChI=1S/C19H19FN2O4S/c20-14-7-3-4-8-15(14)21-17(24)13-9-10-27-18(13)22-16(23)11-5-1-2-6-12(11)19(25)26/h3-4,7-12H,1-2,5-6H2,(H,21,24)(H,22,23)(H,25,26)/t11-,12-/m1/s1. The van der Waals surface area contributed by atoms with Gasteiger partial charge in [0.1, 0.15) is 10.8 Å². The highest BCUT2D eigenvalue weighted by atomic mass is 32.1. The molecule has 2 amide bonds. The van der Waals surface area contributed by atoms with Crippen LogP contribution in [-0.2, 0) is 9.59 Å². The number of hydrogen-bond donors (Lipinski definition) is 3. The Labute approximate surface area is 159 Å². The molecule has 1 aromatic carbocycles. The molecule has 8 heteroatoms. The lowest BCUT2D eigenvalue weighted by atomic mass is 9.79. The molecule has 0 bridgehead atoms. The summed E-state index contributed by atoms with van der Waals surface area (Å²) < 4.78 is 13.7. The maximum atomic E-state index is 13.7. The molecule has 6 nitrogen and oxygen atoms in total. The van der Waals surface area contributed by atoms with Gasteiger partial charge in [0.2, 0.25) is 5.91 Å². The quantitative estimate of drug-likeness (QED) is 0.720. The molecule has 1 aromatic heterocycles. The maximum absolute atomic E-state index is 13.7. The molecule has 0 spiro atoms. The van der Waals surface area contributed by atoms with E-state index in [2.05, 4.69) is 10.6 Å². The van der Waals surface area contributed by atoms with Gasteiger partial charge in [-0.05, 0) is 36.4 Å². The van der Waals surface area contributed by atoms with Gasteiger partial charge in [0.05, 0.1) is 23.1 Å². The monoisotopic (exact) mass is 390 g/mol. The Hall–Kier alpha value is -2.74. The Morgan fingerprint density at radius 1 is 1.04 bits per heavy atom. The van der Waals surface area contributed by atoms with E-state index in [4.69, 9.17) is 0 Å². The van der Waals surface area contributed by atoms with Crippen LogP contribution in [0.15, 0.2) is 35.7 Å². The molecule has 142 valence electrons. The first-order valence-electron chi connectivity index (χ1n) is 8.64. The average molecular weight is 390 g/mol. The molecule has 1 aliphatic rings. The number of carboxylic acid groups (broad SMARTS) is 1. The number of carbonyl (C=O) groups excluding carboxylic acids is 2. The van der Waals surface area contributed by atoms with Crippen LogP contribution >= 0.6 is 11.3 Å². The number of para-hydroxylation sites is 1. The van der Waals surface area contributed by atoms with E-state index in [9.17, 15) is 23.9 Å². The lowest BCUT2D eigenvalue weighted by Gasteiger charge is -2.27. The molecule has 0 aliphatic heterocycles. The molecule has 3 N–H and O–H groups in total. The van der Waals surface area contributed by atoms with Crippen molar-refractivity contribution in [2.75, 3.05) is 10.6 Å². The smallest absolute Gasteiger partial charge is 0.307 e. The van der Waals surface area contributed by atoms with Gasteiger partial charge in [-0.2, -0.15) is 0 Å². The van der Waals surface area contributed by atoms with Gasteiger partial charge in [-0.25, -0.2) is 4.39 Å². The van der Waals surface area contributed by atoms with Gasteiger partial charge in [0.15, 0.2) is 0 Å². The highest BCUT2D eigenvalue weighted by Gasteiger charge is 2.36.